The van der Waals surface area contributed by atoms with Crippen LogP contribution in [-0.2, 0) is 4.74 Å². The van der Waals surface area contributed by atoms with Crippen LogP contribution in [0.25, 0.3) is 22.4 Å². The van der Waals surface area contributed by atoms with E-state index < -0.39 is 11.7 Å². The quantitative estimate of drug-likeness (QED) is 0.612. The SMILES string of the molecule is COc1cc2nc(C(NC(=O)OC(C)(C)C)C3CCCC3)[nH]c2cc1-c1cnco1. The number of methoxy groups -OCH3 is 1. The van der Waals surface area contributed by atoms with Gasteiger partial charge in [-0.25, -0.2) is 14.8 Å². The summed E-state index contributed by atoms with van der Waals surface area (Å²) >= 11 is 0. The number of H-pyrrole nitrogens is 1. The molecule has 1 amide bonds. The standard InChI is InChI=1S/C22H28N4O4/c1-22(2,3)30-21(27)26-19(13-7-5-6-8-13)20-24-15-9-14(18-11-23-12-29-18)17(28-4)10-16(15)25-20/h9-13,19H,5-8H2,1-4H3,(H,24,25)(H,26,27). The van der Waals surface area contributed by atoms with Gasteiger partial charge in [-0.05, 0) is 45.6 Å². The van der Waals surface area contributed by atoms with Crippen molar-refractivity contribution in [3.05, 3.63) is 30.5 Å². The molecule has 1 saturated carbocycles. The molecule has 0 radical (unpaired) electrons. The second-order valence-corrected chi connectivity index (χ2v) is 8.73. The van der Waals surface area contributed by atoms with Crippen molar-refractivity contribution in [2.75, 3.05) is 7.11 Å². The van der Waals surface area contributed by atoms with E-state index in [0.29, 0.717) is 17.4 Å². The first-order chi connectivity index (χ1) is 14.3. The minimum atomic E-state index is -0.558. The molecular weight excluding hydrogens is 384 g/mol. The van der Waals surface area contributed by atoms with E-state index in [0.717, 1.165) is 48.1 Å². The van der Waals surface area contributed by atoms with Crippen LogP contribution in [0.4, 0.5) is 4.79 Å². The molecule has 0 spiro atoms. The number of nitrogens with one attached hydrogen (secondary N) is 2. The average molecular weight is 412 g/mol. The number of imidazole rings is 1. The Hall–Kier alpha value is -3.03. The Morgan fingerprint density at radius 1 is 1.30 bits per heavy atom. The van der Waals surface area contributed by atoms with Gasteiger partial charge in [-0.1, -0.05) is 12.8 Å². The molecule has 4 rings (SSSR count). The third kappa shape index (κ3) is 4.27. The second kappa shape index (κ2) is 8.01. The molecule has 1 aliphatic rings. The van der Waals surface area contributed by atoms with Crippen LogP contribution in [0, 0.1) is 5.92 Å². The van der Waals surface area contributed by atoms with Crippen LogP contribution in [0.15, 0.2) is 29.1 Å². The van der Waals surface area contributed by atoms with E-state index in [1.54, 1.807) is 13.3 Å². The smallest absolute Gasteiger partial charge is 0.408 e. The van der Waals surface area contributed by atoms with Gasteiger partial charge in [0, 0.05) is 6.07 Å². The van der Waals surface area contributed by atoms with Gasteiger partial charge in [0.2, 0.25) is 0 Å². The Balaban J connectivity index is 1.69. The number of aromatic nitrogens is 3. The summed E-state index contributed by atoms with van der Waals surface area (Å²) < 4.78 is 16.5. The lowest BCUT2D eigenvalue weighted by atomic mass is 9.97. The minimum absolute atomic E-state index is 0.241. The fourth-order valence-corrected chi connectivity index (χ4v) is 4.05. The van der Waals surface area contributed by atoms with E-state index in [1.165, 1.54) is 6.39 Å². The van der Waals surface area contributed by atoms with Crippen molar-refractivity contribution >= 4 is 17.1 Å². The highest BCUT2D eigenvalue weighted by atomic mass is 16.6. The van der Waals surface area contributed by atoms with Crippen LogP contribution in [0.1, 0.15) is 58.3 Å². The highest BCUT2D eigenvalue weighted by molar-refractivity contribution is 5.85. The zero-order valence-electron chi connectivity index (χ0n) is 17.8. The van der Waals surface area contributed by atoms with Crippen molar-refractivity contribution in [3.63, 3.8) is 0 Å². The molecule has 1 atom stereocenters. The average Bonchev–Trinajstić information content (AvgIpc) is 3.44. The molecule has 2 heterocycles. The Kier molecular flexibility index (Phi) is 5.40. The van der Waals surface area contributed by atoms with E-state index in [4.69, 9.17) is 18.9 Å². The lowest BCUT2D eigenvalue weighted by Crippen LogP contribution is -2.37. The van der Waals surface area contributed by atoms with Gasteiger partial charge in [0.05, 0.1) is 35.9 Å². The van der Waals surface area contributed by atoms with Crippen LogP contribution >= 0.6 is 0 Å². The summed E-state index contributed by atoms with van der Waals surface area (Å²) in [4.78, 5) is 24.7. The van der Waals surface area contributed by atoms with Crippen molar-refractivity contribution in [1.82, 2.24) is 20.3 Å². The van der Waals surface area contributed by atoms with Gasteiger partial charge in [0.25, 0.3) is 0 Å². The monoisotopic (exact) mass is 412 g/mol. The van der Waals surface area contributed by atoms with Gasteiger partial charge < -0.3 is 24.2 Å². The van der Waals surface area contributed by atoms with Crippen molar-refractivity contribution in [3.8, 4) is 17.1 Å². The molecule has 0 aliphatic heterocycles. The van der Waals surface area contributed by atoms with Crippen molar-refractivity contribution in [2.45, 2.75) is 58.1 Å². The topological polar surface area (TPSA) is 102 Å². The third-order valence-corrected chi connectivity index (χ3v) is 5.36. The fourth-order valence-electron chi connectivity index (χ4n) is 4.05. The highest BCUT2D eigenvalue weighted by Crippen LogP contribution is 2.37. The van der Waals surface area contributed by atoms with E-state index >= 15 is 0 Å². The number of rotatable bonds is 5. The van der Waals surface area contributed by atoms with Crippen LogP contribution in [-0.4, -0.2) is 33.8 Å². The number of carbonyl (C=O) groups excluding carboxylic acids is 1. The van der Waals surface area contributed by atoms with Crippen molar-refractivity contribution in [1.29, 1.82) is 0 Å². The minimum Gasteiger partial charge on any atom is -0.496 e. The first-order valence-corrected chi connectivity index (χ1v) is 10.3. The normalized spacial score (nSPS) is 16.0. The first kappa shape index (κ1) is 20.3. The van der Waals surface area contributed by atoms with E-state index in [-0.39, 0.29) is 6.04 Å². The van der Waals surface area contributed by atoms with Crippen molar-refractivity contribution in [2.24, 2.45) is 5.92 Å². The fraction of sp³-hybridized carbons (Fsp3) is 0.500. The maximum Gasteiger partial charge on any atom is 0.408 e. The maximum absolute atomic E-state index is 12.5. The molecule has 1 fully saturated rings. The zero-order chi connectivity index (χ0) is 21.3. The number of amides is 1. The number of benzene rings is 1. The molecule has 0 bridgehead atoms. The largest absolute Gasteiger partial charge is 0.496 e. The molecule has 2 aromatic heterocycles. The third-order valence-electron chi connectivity index (χ3n) is 5.36. The molecule has 1 unspecified atom stereocenters. The predicted molar refractivity (Wildman–Crippen MR) is 112 cm³/mol. The summed E-state index contributed by atoms with van der Waals surface area (Å²) in [6.07, 6.45) is 7.00. The van der Waals surface area contributed by atoms with Crippen LogP contribution < -0.4 is 10.1 Å². The van der Waals surface area contributed by atoms with E-state index in [9.17, 15) is 4.79 Å². The summed E-state index contributed by atoms with van der Waals surface area (Å²) in [5, 5.41) is 3.05. The molecule has 1 aromatic carbocycles. The molecular formula is C22H28N4O4. The first-order valence-electron chi connectivity index (χ1n) is 10.3. The number of fused-ring (bicyclic) bond motifs is 1. The lowest BCUT2D eigenvalue weighted by molar-refractivity contribution is 0.0482. The number of alkyl carbamates (subject to hydrolysis) is 1. The summed E-state index contributed by atoms with van der Waals surface area (Å²) in [6, 6.07) is 3.56. The Morgan fingerprint density at radius 3 is 2.70 bits per heavy atom. The number of nitrogens with zero attached hydrogens (tertiary/aromatic N) is 2. The van der Waals surface area contributed by atoms with E-state index in [1.807, 2.05) is 32.9 Å². The van der Waals surface area contributed by atoms with Gasteiger partial charge in [0.15, 0.2) is 12.2 Å². The molecule has 1 aliphatic carbocycles. The summed E-state index contributed by atoms with van der Waals surface area (Å²) in [5.41, 5.74) is 1.83. The summed E-state index contributed by atoms with van der Waals surface area (Å²) in [6.45, 7) is 5.57. The van der Waals surface area contributed by atoms with Gasteiger partial charge in [-0.2, -0.15) is 0 Å². The molecule has 8 nitrogen and oxygen atoms in total. The Bertz CT molecular complexity index is 1010. The van der Waals surface area contributed by atoms with Gasteiger partial charge in [-0.3, -0.25) is 0 Å². The number of aromatic amines is 1. The molecule has 160 valence electrons. The zero-order valence-corrected chi connectivity index (χ0v) is 17.8. The van der Waals surface area contributed by atoms with Crippen LogP contribution in [0.5, 0.6) is 5.75 Å². The van der Waals surface area contributed by atoms with Crippen molar-refractivity contribution < 1.29 is 18.7 Å². The molecule has 30 heavy (non-hydrogen) atoms. The molecule has 3 aromatic rings. The number of ether oxygens (including phenoxy) is 2. The predicted octanol–water partition coefficient (Wildman–Crippen LogP) is 4.98. The number of carbonyl (C=O) groups is 1. The lowest BCUT2D eigenvalue weighted by Gasteiger charge is -2.26. The number of hydrogen-bond donors (Lipinski definition) is 2. The molecule has 8 heteroatoms. The Labute approximate surface area is 175 Å². The number of hydrogen-bond acceptors (Lipinski definition) is 6. The Morgan fingerprint density at radius 2 is 2.07 bits per heavy atom. The van der Waals surface area contributed by atoms with Crippen LogP contribution in [0.3, 0.4) is 0 Å². The molecule has 2 N–H and O–H groups in total. The summed E-state index contributed by atoms with van der Waals surface area (Å²) in [5.74, 6) is 2.30. The van der Waals surface area contributed by atoms with E-state index in [2.05, 4.69) is 15.3 Å². The van der Waals surface area contributed by atoms with Crippen LogP contribution in [0.2, 0.25) is 0 Å². The summed E-state index contributed by atoms with van der Waals surface area (Å²) in [7, 11) is 1.61. The van der Waals surface area contributed by atoms with Gasteiger partial charge in [0.1, 0.15) is 17.2 Å². The van der Waals surface area contributed by atoms with Gasteiger partial charge >= 0.3 is 6.09 Å². The second-order valence-electron chi connectivity index (χ2n) is 8.73. The molecule has 0 saturated heterocycles. The maximum atomic E-state index is 12.5. The number of oxazole rings is 1. The van der Waals surface area contributed by atoms with Gasteiger partial charge in [-0.15, -0.1) is 0 Å². The highest BCUT2D eigenvalue weighted by Gasteiger charge is 2.31.